The molecule has 158 valence electrons. The van der Waals surface area contributed by atoms with E-state index in [0.717, 1.165) is 52.5 Å². The average Bonchev–Trinajstić information content (AvgIpc) is 3.07. The molecule has 1 saturated carbocycles. The standard InChI is InChI=1S/C24H27ClIN3O/c1-16-5-3-4-6-22(16)30-20-10-7-17(8-11-20)24-28-27-23-15-26(2)14-18-13-19(25)9-12-21(18)29(23)24/h3-6,9,12-13,17,20H,7-8,10-11,14-15H2,1-2H3. The molecule has 2 aliphatic rings. The average molecular weight is 536 g/mol. The van der Waals surface area contributed by atoms with Gasteiger partial charge in [0.15, 0.2) is 0 Å². The molecule has 0 atom stereocenters. The summed E-state index contributed by atoms with van der Waals surface area (Å²) in [6.07, 6.45) is 4.58. The number of nitrogens with zero attached hydrogens (tertiary/aromatic N) is 3. The van der Waals surface area contributed by atoms with Gasteiger partial charge >= 0.3 is 185 Å². The molecule has 2 aromatic carbocycles. The van der Waals surface area contributed by atoms with E-state index in [1.807, 2.05) is 12.1 Å². The Hall–Kier alpha value is -1.60. The van der Waals surface area contributed by atoms with Crippen LogP contribution in [0, 0.1) is 6.92 Å². The number of alkyl halides is 3. The summed E-state index contributed by atoms with van der Waals surface area (Å²) in [5.41, 5.74) is 3.82. The zero-order valence-electron chi connectivity index (χ0n) is 17.4. The van der Waals surface area contributed by atoms with Crippen LogP contribution in [-0.2, 0) is 8.86 Å². The molecule has 0 N–H and O–H groups in total. The molecule has 0 spiro atoms. The van der Waals surface area contributed by atoms with Gasteiger partial charge in [0.2, 0.25) is 0 Å². The van der Waals surface area contributed by atoms with Crippen LogP contribution in [0.2, 0.25) is 5.02 Å². The minimum absolute atomic E-state index is 0.286. The van der Waals surface area contributed by atoms with Gasteiger partial charge in [-0.15, -0.1) is 0 Å². The zero-order chi connectivity index (χ0) is 20.7. The van der Waals surface area contributed by atoms with Gasteiger partial charge in [-0.05, 0) is 0 Å². The molecule has 2 heterocycles. The quantitative estimate of drug-likeness (QED) is 0.284. The van der Waals surface area contributed by atoms with Crippen LogP contribution in [0.3, 0.4) is 0 Å². The van der Waals surface area contributed by atoms with Gasteiger partial charge in [0.1, 0.15) is 0 Å². The molecule has 6 heteroatoms. The molecule has 30 heavy (non-hydrogen) atoms. The Morgan fingerprint density at radius 2 is 1.83 bits per heavy atom. The maximum absolute atomic E-state index is 6.32. The molecule has 0 bridgehead atoms. The molecule has 5 rings (SSSR count). The molecule has 4 nitrogen and oxygen atoms in total. The van der Waals surface area contributed by atoms with Gasteiger partial charge < -0.3 is 0 Å². The van der Waals surface area contributed by atoms with Crippen molar-refractivity contribution in [3.8, 4) is 11.4 Å². The molecule has 0 amide bonds. The van der Waals surface area contributed by atoms with E-state index in [4.69, 9.17) is 21.4 Å². The second kappa shape index (κ2) is 8.50. The Morgan fingerprint density at radius 1 is 1.03 bits per heavy atom. The Bertz CT molecular complexity index is 1060. The van der Waals surface area contributed by atoms with Gasteiger partial charge in [0, 0.05) is 0 Å². The van der Waals surface area contributed by atoms with E-state index >= 15 is 0 Å². The van der Waals surface area contributed by atoms with Crippen molar-refractivity contribution in [3.63, 3.8) is 0 Å². The fourth-order valence-electron chi connectivity index (χ4n) is 4.63. The Kier molecular flexibility index (Phi) is 5.75. The van der Waals surface area contributed by atoms with Crippen LogP contribution in [0.4, 0.5) is 0 Å². The summed E-state index contributed by atoms with van der Waals surface area (Å²) in [5.74, 6) is 3.73. The van der Waals surface area contributed by atoms with Crippen LogP contribution in [0.15, 0.2) is 42.5 Å². The summed E-state index contributed by atoms with van der Waals surface area (Å²) in [6, 6.07) is 14.6. The Labute approximate surface area is 190 Å². The number of halogens is 2. The number of hydrogen-bond donors (Lipinski definition) is 0. The summed E-state index contributed by atoms with van der Waals surface area (Å²) >= 11 is 5.22. The van der Waals surface area contributed by atoms with Crippen LogP contribution in [-0.4, -0.2) is 25.8 Å². The van der Waals surface area contributed by atoms with Crippen molar-refractivity contribution in [1.29, 1.82) is 0 Å². The molecule has 0 saturated heterocycles. The number of fused-ring (bicyclic) bond motifs is 3. The topological polar surface area (TPSA) is 39.9 Å². The second-order valence-corrected chi connectivity index (χ2v) is 14.5. The molecular weight excluding hydrogens is 509 g/mol. The Balaban J connectivity index is 1.38. The van der Waals surface area contributed by atoms with Crippen LogP contribution in [0.25, 0.3) is 5.69 Å². The summed E-state index contributed by atoms with van der Waals surface area (Å²) in [7, 11) is 0. The third kappa shape index (κ3) is 3.98. The second-order valence-electron chi connectivity index (χ2n) is 8.43. The first-order chi connectivity index (χ1) is 14.6. The maximum atomic E-state index is 6.32. The van der Waals surface area contributed by atoms with Gasteiger partial charge in [0.05, 0.1) is 0 Å². The van der Waals surface area contributed by atoms with Crippen molar-refractivity contribution in [2.75, 3.05) is 4.93 Å². The van der Waals surface area contributed by atoms with E-state index in [2.05, 4.69) is 51.9 Å². The summed E-state index contributed by atoms with van der Waals surface area (Å²) in [4.78, 5) is 2.44. The third-order valence-electron chi connectivity index (χ3n) is 6.18. The number of ether oxygens (including phenoxy) is 1. The van der Waals surface area contributed by atoms with E-state index in [-0.39, 0.29) is 6.10 Å². The van der Waals surface area contributed by atoms with Crippen LogP contribution in [0.1, 0.15) is 54.4 Å². The monoisotopic (exact) mass is 535 g/mol. The van der Waals surface area contributed by atoms with Crippen molar-refractivity contribution in [1.82, 2.24) is 14.8 Å². The predicted molar refractivity (Wildman–Crippen MR) is 131 cm³/mol. The molecule has 1 aliphatic heterocycles. The summed E-state index contributed by atoms with van der Waals surface area (Å²) < 4.78 is 11.0. The first kappa shape index (κ1) is 20.3. The normalized spacial score (nSPS) is 22.2. The molecule has 3 aromatic rings. The molecule has 0 unspecified atom stereocenters. The van der Waals surface area contributed by atoms with Gasteiger partial charge in [-0.3, -0.25) is 0 Å². The van der Waals surface area contributed by atoms with E-state index < -0.39 is 19.8 Å². The van der Waals surface area contributed by atoms with Crippen molar-refractivity contribution in [2.24, 2.45) is 0 Å². The molecule has 1 aliphatic carbocycles. The fourth-order valence-corrected chi connectivity index (χ4v) is 8.76. The van der Waals surface area contributed by atoms with Gasteiger partial charge in [-0.1, -0.05) is 6.07 Å². The SMILES string of the molecule is Cc1ccccc1OC1CCC(c2nnc3n2-c2ccc(Cl)cc2CI(C)C3)CC1. The number of rotatable bonds is 3. The first-order valence-corrected chi connectivity index (χ1v) is 16.1. The number of aromatic nitrogens is 3. The van der Waals surface area contributed by atoms with Crippen molar-refractivity contribution < 1.29 is 4.74 Å². The van der Waals surface area contributed by atoms with E-state index in [0.29, 0.717) is 5.92 Å². The number of hydrogen-bond acceptors (Lipinski definition) is 3. The Morgan fingerprint density at radius 3 is 2.63 bits per heavy atom. The summed E-state index contributed by atoms with van der Waals surface area (Å²) in [5, 5.41) is 10.2. The van der Waals surface area contributed by atoms with E-state index in [1.165, 1.54) is 21.2 Å². The number of para-hydroxylation sites is 1. The van der Waals surface area contributed by atoms with E-state index in [1.54, 1.807) is 0 Å². The van der Waals surface area contributed by atoms with Crippen LogP contribution in [0.5, 0.6) is 5.75 Å². The predicted octanol–water partition coefficient (Wildman–Crippen LogP) is 6.48. The van der Waals surface area contributed by atoms with Crippen LogP contribution >= 0.6 is 31.4 Å². The molecule has 1 fully saturated rings. The number of benzene rings is 2. The third-order valence-corrected chi connectivity index (χ3v) is 10.5. The number of aryl methyl sites for hydroxylation is 1. The van der Waals surface area contributed by atoms with Gasteiger partial charge in [-0.25, -0.2) is 0 Å². The minimum atomic E-state index is -1.11. The fraction of sp³-hybridized carbons (Fsp3) is 0.417. The van der Waals surface area contributed by atoms with Gasteiger partial charge in [-0.2, -0.15) is 0 Å². The summed E-state index contributed by atoms with van der Waals surface area (Å²) in [6.45, 7) is 2.11. The molecule has 0 radical (unpaired) electrons. The van der Waals surface area contributed by atoms with Crippen molar-refractivity contribution in [2.45, 2.75) is 53.5 Å². The van der Waals surface area contributed by atoms with E-state index in [9.17, 15) is 0 Å². The van der Waals surface area contributed by atoms with Crippen molar-refractivity contribution in [3.05, 3.63) is 70.3 Å². The van der Waals surface area contributed by atoms with Gasteiger partial charge in [0.25, 0.3) is 0 Å². The van der Waals surface area contributed by atoms with Crippen molar-refractivity contribution >= 4 is 31.4 Å². The first-order valence-electron chi connectivity index (χ1n) is 10.6. The van der Waals surface area contributed by atoms with Crippen LogP contribution < -0.4 is 4.74 Å². The molecule has 1 aromatic heterocycles. The zero-order valence-corrected chi connectivity index (χ0v) is 20.4. The molecular formula is C24H27ClIN3O.